The summed E-state index contributed by atoms with van der Waals surface area (Å²) in [5.74, 6) is -0.790. The van der Waals surface area contributed by atoms with Crippen LogP contribution in [0.3, 0.4) is 0 Å². The second-order valence-corrected chi connectivity index (χ2v) is 10.3. The number of nitrogens with zero attached hydrogens (tertiary/aromatic N) is 2. The molecule has 2 aliphatic heterocycles. The summed E-state index contributed by atoms with van der Waals surface area (Å²) in [7, 11) is 2.01. The van der Waals surface area contributed by atoms with Gasteiger partial charge < -0.3 is 15.0 Å². The molecule has 190 valence electrons. The molecule has 8 heteroatoms. The average Bonchev–Trinajstić information content (AvgIpc) is 3.34. The van der Waals surface area contributed by atoms with Crippen molar-refractivity contribution in [3.63, 3.8) is 0 Å². The summed E-state index contributed by atoms with van der Waals surface area (Å²) in [4.78, 5) is 28.6. The Labute approximate surface area is 220 Å². The van der Waals surface area contributed by atoms with Gasteiger partial charge in [0.15, 0.2) is 0 Å². The van der Waals surface area contributed by atoms with Gasteiger partial charge in [0, 0.05) is 47.2 Å². The van der Waals surface area contributed by atoms with E-state index in [0.717, 1.165) is 85.0 Å². The number of aromatic nitrogens is 1. The number of morpholine rings is 1. The number of carbonyl (C=O) groups is 2. The highest BCUT2D eigenvalue weighted by molar-refractivity contribution is 6.36. The van der Waals surface area contributed by atoms with Crippen LogP contribution < -0.4 is 11.1 Å². The topological polar surface area (TPSA) is 89.6 Å². The molecule has 0 spiro atoms. The molecule has 37 heavy (non-hydrogen) atoms. The third-order valence-corrected chi connectivity index (χ3v) is 7.93. The van der Waals surface area contributed by atoms with Crippen molar-refractivity contribution in [2.24, 2.45) is 7.05 Å². The first-order chi connectivity index (χ1) is 17.9. The number of unbranched alkanes of at least 4 members (excludes halogenated alkanes) is 1. The van der Waals surface area contributed by atoms with Gasteiger partial charge in [-0.3, -0.25) is 19.8 Å². The summed E-state index contributed by atoms with van der Waals surface area (Å²) in [5, 5.41) is 4.69. The number of ether oxygens (including phenoxy) is 1. The number of aryl methyl sites for hydroxylation is 2. The van der Waals surface area contributed by atoms with E-state index < -0.39 is 5.91 Å². The van der Waals surface area contributed by atoms with E-state index in [2.05, 4.69) is 14.8 Å². The molecule has 0 aliphatic carbocycles. The molecule has 4 aromatic rings. The van der Waals surface area contributed by atoms with Crippen LogP contribution in [0.25, 0.3) is 32.9 Å². The van der Waals surface area contributed by atoms with Gasteiger partial charge in [-0.15, -0.1) is 0 Å². The van der Waals surface area contributed by atoms with E-state index in [1.807, 2.05) is 43.4 Å². The number of halogens is 1. The number of hydrogen-bond acceptors (Lipinski definition) is 5. The van der Waals surface area contributed by atoms with Crippen LogP contribution in [0.4, 0.5) is 5.69 Å². The maximum atomic E-state index is 13.1. The highest BCUT2D eigenvalue weighted by Gasteiger charge is 2.35. The number of anilines is 1. The number of fused-ring (bicyclic) bond motifs is 5. The van der Waals surface area contributed by atoms with Crippen molar-refractivity contribution >= 4 is 50.9 Å². The lowest BCUT2D eigenvalue weighted by Gasteiger charge is -2.26. The van der Waals surface area contributed by atoms with Crippen LogP contribution in [0.1, 0.15) is 39.1 Å². The quantitative estimate of drug-likeness (QED) is 0.219. The summed E-state index contributed by atoms with van der Waals surface area (Å²) in [5.41, 5.74) is 12.2. The molecule has 0 radical (unpaired) electrons. The summed E-state index contributed by atoms with van der Waals surface area (Å²) < 4.78 is 7.58. The van der Waals surface area contributed by atoms with Crippen molar-refractivity contribution in [2.75, 3.05) is 38.6 Å². The minimum Gasteiger partial charge on any atom is -0.399 e. The van der Waals surface area contributed by atoms with Crippen LogP contribution in [0.5, 0.6) is 0 Å². The van der Waals surface area contributed by atoms with Gasteiger partial charge in [-0.05, 0) is 61.2 Å². The number of nitrogens with two attached hydrogens (primary N) is 1. The number of carbonyl (C=O) groups excluding carboxylic acids is 2. The van der Waals surface area contributed by atoms with E-state index in [1.165, 1.54) is 0 Å². The zero-order valence-electron chi connectivity index (χ0n) is 20.8. The molecule has 1 saturated heterocycles. The van der Waals surface area contributed by atoms with Crippen LogP contribution in [0.2, 0.25) is 5.02 Å². The van der Waals surface area contributed by atoms with E-state index in [-0.39, 0.29) is 5.91 Å². The van der Waals surface area contributed by atoms with Crippen molar-refractivity contribution in [3.8, 4) is 11.1 Å². The molecule has 6 rings (SSSR count). The smallest absolute Gasteiger partial charge is 0.259 e. The third kappa shape index (κ3) is 4.07. The van der Waals surface area contributed by atoms with E-state index >= 15 is 0 Å². The Bertz CT molecular complexity index is 1570. The highest BCUT2D eigenvalue weighted by atomic mass is 35.5. The Balaban J connectivity index is 1.48. The predicted molar refractivity (Wildman–Crippen MR) is 147 cm³/mol. The fourth-order valence-electron chi connectivity index (χ4n) is 5.88. The fraction of sp³-hybridized carbons (Fsp3) is 0.310. The number of rotatable bonds is 6. The molecule has 2 amide bonds. The minimum absolute atomic E-state index is 0.368. The van der Waals surface area contributed by atoms with Crippen molar-refractivity contribution in [2.45, 2.75) is 19.3 Å². The van der Waals surface area contributed by atoms with Gasteiger partial charge in [-0.25, -0.2) is 0 Å². The van der Waals surface area contributed by atoms with E-state index in [4.69, 9.17) is 22.1 Å². The Hall–Kier alpha value is -3.39. The van der Waals surface area contributed by atoms with Crippen molar-refractivity contribution in [3.05, 3.63) is 64.2 Å². The molecule has 7 nitrogen and oxygen atoms in total. The van der Waals surface area contributed by atoms with E-state index in [0.29, 0.717) is 27.4 Å². The maximum absolute atomic E-state index is 13.1. The maximum Gasteiger partial charge on any atom is 0.259 e. The molecule has 2 aliphatic rings. The van der Waals surface area contributed by atoms with E-state index in [1.54, 1.807) is 6.07 Å². The average molecular weight is 517 g/mol. The van der Waals surface area contributed by atoms with Gasteiger partial charge in [-0.1, -0.05) is 29.8 Å². The lowest BCUT2D eigenvalue weighted by atomic mass is 9.92. The Morgan fingerprint density at radius 1 is 1.00 bits per heavy atom. The lowest BCUT2D eigenvalue weighted by Crippen LogP contribution is -2.36. The molecular weight excluding hydrogens is 488 g/mol. The van der Waals surface area contributed by atoms with Gasteiger partial charge >= 0.3 is 0 Å². The van der Waals surface area contributed by atoms with Crippen LogP contribution >= 0.6 is 11.6 Å². The summed E-state index contributed by atoms with van der Waals surface area (Å²) in [6.07, 6.45) is 2.99. The zero-order valence-corrected chi connectivity index (χ0v) is 21.5. The first-order valence-electron chi connectivity index (χ1n) is 12.7. The van der Waals surface area contributed by atoms with Gasteiger partial charge in [0.2, 0.25) is 0 Å². The van der Waals surface area contributed by atoms with Gasteiger partial charge in [-0.2, -0.15) is 0 Å². The largest absolute Gasteiger partial charge is 0.399 e. The van der Waals surface area contributed by atoms with Gasteiger partial charge in [0.25, 0.3) is 11.8 Å². The normalized spacial score (nSPS) is 16.1. The molecule has 3 N–H and O–H groups in total. The number of imide groups is 1. The number of nitrogen functional groups attached to an aromatic ring is 1. The monoisotopic (exact) mass is 516 g/mol. The van der Waals surface area contributed by atoms with Crippen molar-refractivity contribution < 1.29 is 14.3 Å². The van der Waals surface area contributed by atoms with Crippen LogP contribution in [0, 0.1) is 0 Å². The Morgan fingerprint density at radius 2 is 1.76 bits per heavy atom. The minimum atomic E-state index is -0.402. The number of benzene rings is 3. The molecular formula is C29H29ClN4O3. The molecule has 0 atom stereocenters. The van der Waals surface area contributed by atoms with Crippen molar-refractivity contribution in [1.82, 2.24) is 14.8 Å². The lowest BCUT2D eigenvalue weighted by molar-refractivity contribution is 0.0372. The SMILES string of the molecule is Cn1c2cc(-c3ccccc3Cl)c3c(c2c2cc(N)cc(CCCCN4CCOCC4)c21)C(=O)NC3=O. The molecule has 1 fully saturated rings. The standard InChI is InChI=1S/C29H29ClN4O3/c1-33-23-16-20(19-7-2-3-8-22(19)30)25-26(29(36)32-28(25)35)24(23)21-15-18(31)14-17(27(21)33)6-4-5-9-34-10-12-37-13-11-34/h2-3,7-8,14-16H,4-6,9-13,31H2,1H3,(H,32,35,36). The Morgan fingerprint density at radius 3 is 2.54 bits per heavy atom. The molecule has 0 bridgehead atoms. The van der Waals surface area contributed by atoms with Gasteiger partial charge in [0.05, 0.1) is 35.4 Å². The molecule has 1 aromatic heterocycles. The zero-order chi connectivity index (χ0) is 25.7. The summed E-state index contributed by atoms with van der Waals surface area (Å²) in [6, 6.07) is 13.3. The van der Waals surface area contributed by atoms with E-state index in [9.17, 15) is 9.59 Å². The first kappa shape index (κ1) is 24.0. The highest BCUT2D eigenvalue weighted by Crippen LogP contribution is 2.43. The first-order valence-corrected chi connectivity index (χ1v) is 13.1. The number of nitrogens with one attached hydrogen (secondary N) is 1. The second kappa shape index (κ2) is 9.49. The summed E-state index contributed by atoms with van der Waals surface area (Å²) >= 11 is 6.54. The fourth-order valence-corrected chi connectivity index (χ4v) is 6.12. The molecule has 3 aromatic carbocycles. The molecule has 0 unspecified atom stereocenters. The number of hydrogen-bond donors (Lipinski definition) is 2. The third-order valence-electron chi connectivity index (χ3n) is 7.60. The Kier molecular flexibility index (Phi) is 6.15. The number of amides is 2. The second-order valence-electron chi connectivity index (χ2n) is 9.88. The molecule has 3 heterocycles. The van der Waals surface area contributed by atoms with Crippen molar-refractivity contribution in [1.29, 1.82) is 0 Å². The van der Waals surface area contributed by atoms with Crippen LogP contribution in [-0.2, 0) is 18.2 Å². The van der Waals surface area contributed by atoms with Crippen LogP contribution in [-0.4, -0.2) is 54.1 Å². The van der Waals surface area contributed by atoms with Gasteiger partial charge in [0.1, 0.15) is 0 Å². The van der Waals surface area contributed by atoms with Crippen LogP contribution in [0.15, 0.2) is 42.5 Å². The molecule has 0 saturated carbocycles. The summed E-state index contributed by atoms with van der Waals surface area (Å²) in [6.45, 7) is 4.66. The predicted octanol–water partition coefficient (Wildman–Crippen LogP) is 4.77.